The van der Waals surface area contributed by atoms with Gasteiger partial charge >= 0.3 is 0 Å². The lowest BCUT2D eigenvalue weighted by Crippen LogP contribution is -2.55. The van der Waals surface area contributed by atoms with Crippen molar-refractivity contribution in [3.8, 4) is 0 Å². The molecule has 1 amide bonds. The summed E-state index contributed by atoms with van der Waals surface area (Å²) in [7, 11) is -2.63. The van der Waals surface area contributed by atoms with Gasteiger partial charge in [-0.15, -0.1) is 11.3 Å². The monoisotopic (exact) mass is 519 g/mol. The third-order valence-electron chi connectivity index (χ3n) is 5.36. The number of likely N-dealkylation sites (N-methyl/N-ethyl adjacent to an activating group) is 1. The molecule has 0 spiro atoms. The van der Waals surface area contributed by atoms with Crippen LogP contribution in [0, 0.1) is 5.82 Å². The molecule has 0 radical (unpaired) electrons. The van der Waals surface area contributed by atoms with Gasteiger partial charge in [-0.05, 0) is 32.0 Å². The Balaban J connectivity index is 1.83. The molecule has 2 aromatic rings. The normalized spacial score (nSPS) is 19.6. The average molecular weight is 520 g/mol. The van der Waals surface area contributed by atoms with E-state index in [-0.39, 0.29) is 34.4 Å². The second-order valence-electron chi connectivity index (χ2n) is 7.46. The van der Waals surface area contributed by atoms with Crippen molar-refractivity contribution in [1.82, 2.24) is 9.88 Å². The van der Waals surface area contributed by atoms with Crippen LogP contribution in [0.3, 0.4) is 0 Å². The number of rotatable bonds is 10. The van der Waals surface area contributed by atoms with Crippen molar-refractivity contribution < 1.29 is 27.1 Å². The van der Waals surface area contributed by atoms with E-state index < -0.39 is 32.9 Å². The maximum atomic E-state index is 14.8. The maximum absolute atomic E-state index is 14.8. The van der Waals surface area contributed by atoms with Crippen LogP contribution in [0.4, 0.5) is 15.2 Å². The molecule has 1 aliphatic carbocycles. The van der Waals surface area contributed by atoms with Crippen molar-refractivity contribution in [2.24, 2.45) is 5.73 Å². The quantitative estimate of drug-likeness (QED) is 0.320. The number of sulfonamides is 1. The van der Waals surface area contributed by atoms with Crippen molar-refractivity contribution in [3.63, 3.8) is 0 Å². The van der Waals surface area contributed by atoms with Gasteiger partial charge in [0.15, 0.2) is 5.13 Å². The number of halogens is 2. The summed E-state index contributed by atoms with van der Waals surface area (Å²) in [5.74, 6) is -1.81. The lowest BCUT2D eigenvalue weighted by Gasteiger charge is -2.40. The molecule has 0 saturated heterocycles. The number of nitrogens with zero attached hydrogens (tertiary/aromatic N) is 2. The number of nitrogens with one attached hydrogen (secondary N) is 2. The van der Waals surface area contributed by atoms with E-state index in [1.165, 1.54) is 6.20 Å². The summed E-state index contributed by atoms with van der Waals surface area (Å²) < 4.78 is 47.0. The molecule has 1 unspecified atom stereocenters. The predicted octanol–water partition coefficient (Wildman–Crippen LogP) is 2.38. The van der Waals surface area contributed by atoms with E-state index in [4.69, 9.17) is 22.1 Å². The summed E-state index contributed by atoms with van der Waals surface area (Å²) in [5.41, 5.74) is 5.55. The number of hydrogen-bond donors (Lipinski definition) is 3. The van der Waals surface area contributed by atoms with Crippen molar-refractivity contribution in [1.29, 1.82) is 0 Å². The lowest BCUT2D eigenvalue weighted by atomic mass is 9.89. The first-order valence-corrected chi connectivity index (χ1v) is 12.7. The van der Waals surface area contributed by atoms with Crippen LogP contribution in [-0.2, 0) is 24.3 Å². The minimum Gasteiger partial charge on any atom is -0.439 e. The van der Waals surface area contributed by atoms with E-state index in [0.717, 1.165) is 36.3 Å². The van der Waals surface area contributed by atoms with Crippen molar-refractivity contribution in [2.75, 3.05) is 17.1 Å². The molecular formula is C19H23ClFN5O5S2. The van der Waals surface area contributed by atoms with Gasteiger partial charge in [0.2, 0.25) is 6.23 Å². The van der Waals surface area contributed by atoms with E-state index in [1.807, 2.05) is 0 Å². The highest BCUT2D eigenvalue weighted by atomic mass is 35.5. The number of carbonyl (C=O) groups is 2. The molecule has 1 heterocycles. The summed E-state index contributed by atoms with van der Waals surface area (Å²) in [5, 5.41) is 4.82. The van der Waals surface area contributed by atoms with Gasteiger partial charge in [-0.1, -0.05) is 24.4 Å². The molecule has 1 aromatic heterocycles. The zero-order valence-electron chi connectivity index (χ0n) is 17.5. The number of amides is 1. The average Bonchev–Trinajstić information content (AvgIpc) is 3.26. The molecule has 33 heavy (non-hydrogen) atoms. The Labute approximate surface area is 199 Å². The summed E-state index contributed by atoms with van der Waals surface area (Å²) in [4.78, 5) is 27.3. The van der Waals surface area contributed by atoms with Crippen LogP contribution in [0.1, 0.15) is 25.7 Å². The van der Waals surface area contributed by atoms with Gasteiger partial charge in [0.1, 0.15) is 10.7 Å². The molecule has 3 rings (SSSR count). The van der Waals surface area contributed by atoms with Crippen LogP contribution >= 0.6 is 22.9 Å². The van der Waals surface area contributed by atoms with Crippen LogP contribution in [0.5, 0.6) is 0 Å². The molecule has 1 aromatic carbocycles. The molecule has 3 atom stereocenters. The largest absolute Gasteiger partial charge is 0.439 e. The Kier molecular flexibility index (Phi) is 8.10. The first-order chi connectivity index (χ1) is 15.6. The highest BCUT2D eigenvalue weighted by molar-refractivity contribution is 7.93. The van der Waals surface area contributed by atoms with Gasteiger partial charge in [-0.25, -0.2) is 17.8 Å². The Morgan fingerprint density at radius 1 is 1.42 bits per heavy atom. The fourth-order valence-corrected chi connectivity index (χ4v) is 6.00. The predicted molar refractivity (Wildman–Crippen MR) is 122 cm³/mol. The highest BCUT2D eigenvalue weighted by Crippen LogP contribution is 2.33. The molecule has 14 heteroatoms. The number of ether oxygens (including phenoxy) is 1. The van der Waals surface area contributed by atoms with Crippen molar-refractivity contribution >= 4 is 56.2 Å². The minimum atomic E-state index is -4.24. The molecule has 180 valence electrons. The zero-order valence-corrected chi connectivity index (χ0v) is 19.9. The topological polar surface area (TPSA) is 144 Å². The standard InChI is InChI=1S/C19H23ClFN5O5S2/c1-26(18(17(22)28)31-10-27)15-5-3-2-4-13(15)24-14-9-12(21)16(8-11(14)20)33(29,30)25-19-23-6-7-32-19/h6-10,13,15,18,24H,2-5H2,1H3,(H2,22,28)(H,23,25)/t13-,15-,18?/m0/s1. The Morgan fingerprint density at radius 3 is 2.79 bits per heavy atom. The summed E-state index contributed by atoms with van der Waals surface area (Å²) >= 11 is 7.36. The summed E-state index contributed by atoms with van der Waals surface area (Å²) in [6.45, 7) is 0.155. The molecule has 1 aliphatic rings. The van der Waals surface area contributed by atoms with Gasteiger partial charge in [0.05, 0.1) is 10.7 Å². The molecule has 0 aliphatic heterocycles. The molecule has 0 bridgehead atoms. The lowest BCUT2D eigenvalue weighted by molar-refractivity contribution is -0.157. The number of anilines is 2. The van der Waals surface area contributed by atoms with Gasteiger partial charge in [-0.2, -0.15) is 0 Å². The molecule has 10 nitrogen and oxygen atoms in total. The van der Waals surface area contributed by atoms with Crippen LogP contribution < -0.4 is 15.8 Å². The minimum absolute atomic E-state index is 0.00140. The number of aromatic nitrogens is 1. The second kappa shape index (κ2) is 10.6. The molecule has 4 N–H and O–H groups in total. The van der Waals surface area contributed by atoms with Gasteiger partial charge in [0.25, 0.3) is 22.4 Å². The Hall–Kier alpha value is -2.48. The Bertz CT molecular complexity index is 1100. The number of hydrogen-bond acceptors (Lipinski definition) is 9. The van der Waals surface area contributed by atoms with Crippen LogP contribution in [0.25, 0.3) is 0 Å². The fraction of sp³-hybridized carbons (Fsp3) is 0.421. The molecular weight excluding hydrogens is 497 g/mol. The third kappa shape index (κ3) is 5.91. The maximum Gasteiger partial charge on any atom is 0.295 e. The highest BCUT2D eigenvalue weighted by Gasteiger charge is 2.35. The van der Waals surface area contributed by atoms with Crippen LogP contribution in [0.15, 0.2) is 28.6 Å². The zero-order chi connectivity index (χ0) is 24.2. The van der Waals surface area contributed by atoms with E-state index >= 15 is 0 Å². The Morgan fingerprint density at radius 2 is 2.15 bits per heavy atom. The number of carbonyl (C=O) groups excluding carboxylic acids is 2. The van der Waals surface area contributed by atoms with Gasteiger partial charge in [-0.3, -0.25) is 19.2 Å². The third-order valence-corrected chi connectivity index (χ3v) is 7.84. The van der Waals surface area contributed by atoms with E-state index in [1.54, 1.807) is 17.3 Å². The van der Waals surface area contributed by atoms with E-state index in [9.17, 15) is 22.4 Å². The summed E-state index contributed by atoms with van der Waals surface area (Å²) in [6, 6.07) is 1.45. The van der Waals surface area contributed by atoms with Gasteiger partial charge < -0.3 is 15.8 Å². The van der Waals surface area contributed by atoms with Crippen molar-refractivity contribution in [2.45, 2.75) is 48.9 Å². The number of nitrogens with two attached hydrogens (primary N) is 1. The van der Waals surface area contributed by atoms with Crippen LogP contribution in [-0.4, -0.2) is 56.0 Å². The number of thiazole rings is 1. The SMILES string of the molecule is CN(C(OC=O)C(N)=O)[C@H]1CCCC[C@@H]1Nc1cc(F)c(S(=O)(=O)Nc2nccs2)cc1Cl. The fourth-order valence-electron chi connectivity index (χ4n) is 3.85. The van der Waals surface area contributed by atoms with Crippen molar-refractivity contribution in [3.05, 3.63) is 34.5 Å². The van der Waals surface area contributed by atoms with Crippen LogP contribution in [0.2, 0.25) is 5.02 Å². The first kappa shape index (κ1) is 25.1. The number of benzene rings is 1. The number of primary amides is 1. The first-order valence-electron chi connectivity index (χ1n) is 9.92. The second-order valence-corrected chi connectivity index (χ2v) is 10.4. The molecule has 1 saturated carbocycles. The summed E-state index contributed by atoms with van der Waals surface area (Å²) in [6.07, 6.45) is 3.20. The molecule has 1 fully saturated rings. The van der Waals surface area contributed by atoms with E-state index in [2.05, 4.69) is 15.0 Å². The van der Waals surface area contributed by atoms with E-state index in [0.29, 0.717) is 12.8 Å². The smallest absolute Gasteiger partial charge is 0.295 e. The van der Waals surface area contributed by atoms with Gasteiger partial charge in [0, 0.05) is 23.7 Å².